The Morgan fingerprint density at radius 3 is 2.50 bits per heavy atom. The molecule has 0 saturated heterocycles. The van der Waals surface area contributed by atoms with E-state index < -0.39 is 0 Å². The van der Waals surface area contributed by atoms with E-state index >= 15 is 0 Å². The zero-order valence-electron chi connectivity index (χ0n) is 12.5. The summed E-state index contributed by atoms with van der Waals surface area (Å²) >= 11 is 3.38. The lowest BCUT2D eigenvalue weighted by molar-refractivity contribution is 0.104. The molecule has 2 aromatic carbocycles. The summed E-state index contributed by atoms with van der Waals surface area (Å²) in [4.78, 5) is 12.3. The molecule has 1 aromatic heterocycles. The van der Waals surface area contributed by atoms with Crippen molar-refractivity contribution in [3.05, 3.63) is 75.9 Å². The Labute approximate surface area is 138 Å². The molecule has 0 aliphatic heterocycles. The molecule has 0 atom stereocenters. The highest BCUT2D eigenvalue weighted by Crippen LogP contribution is 2.26. The van der Waals surface area contributed by atoms with Crippen LogP contribution in [0.15, 0.2) is 59.1 Å². The van der Waals surface area contributed by atoms with Crippen LogP contribution >= 0.6 is 15.9 Å². The van der Waals surface area contributed by atoms with Crippen molar-refractivity contribution in [1.82, 2.24) is 4.57 Å². The Morgan fingerprint density at radius 1 is 1.09 bits per heavy atom. The average Bonchev–Trinajstić information content (AvgIpc) is 2.78. The van der Waals surface area contributed by atoms with E-state index in [9.17, 15) is 4.79 Å². The van der Waals surface area contributed by atoms with E-state index in [0.717, 1.165) is 15.7 Å². The number of aryl methyl sites for hydroxylation is 1. The van der Waals surface area contributed by atoms with Crippen molar-refractivity contribution >= 4 is 38.7 Å². The van der Waals surface area contributed by atoms with Crippen LogP contribution in [0.25, 0.3) is 17.0 Å². The molecule has 110 valence electrons. The third-order valence-corrected chi connectivity index (χ3v) is 4.51. The minimum atomic E-state index is 0.0137. The number of fused-ring (bicyclic) bond motifs is 1. The van der Waals surface area contributed by atoms with Crippen LogP contribution in [0.2, 0.25) is 0 Å². The molecule has 22 heavy (non-hydrogen) atoms. The van der Waals surface area contributed by atoms with Gasteiger partial charge in [-0.15, -0.1) is 0 Å². The highest BCUT2D eigenvalue weighted by atomic mass is 79.9. The van der Waals surface area contributed by atoms with Gasteiger partial charge in [-0.3, -0.25) is 4.79 Å². The molecule has 2 nitrogen and oxygen atoms in total. The van der Waals surface area contributed by atoms with Crippen molar-refractivity contribution in [3.63, 3.8) is 0 Å². The number of halogens is 1. The highest BCUT2D eigenvalue weighted by Gasteiger charge is 2.09. The summed E-state index contributed by atoms with van der Waals surface area (Å²) in [6.45, 7) is 2.07. The Bertz CT molecular complexity index is 872. The summed E-state index contributed by atoms with van der Waals surface area (Å²) in [6.07, 6.45) is 3.57. The number of ketones is 1. The quantitative estimate of drug-likeness (QED) is 0.471. The van der Waals surface area contributed by atoms with Crippen LogP contribution in [0.1, 0.15) is 21.6 Å². The van der Waals surface area contributed by atoms with Crippen molar-refractivity contribution in [2.75, 3.05) is 0 Å². The van der Waals surface area contributed by atoms with Crippen molar-refractivity contribution in [1.29, 1.82) is 0 Å². The lowest BCUT2D eigenvalue weighted by Gasteiger charge is -1.98. The van der Waals surface area contributed by atoms with Gasteiger partial charge in [0.15, 0.2) is 5.78 Å². The number of carbonyl (C=O) groups excluding carboxylic acids is 1. The van der Waals surface area contributed by atoms with E-state index in [-0.39, 0.29) is 5.78 Å². The summed E-state index contributed by atoms with van der Waals surface area (Å²) < 4.78 is 3.12. The molecule has 0 N–H and O–H groups in total. The molecular formula is C19H16BrNO. The molecule has 0 aliphatic rings. The molecule has 1 heterocycles. The SMILES string of the molecule is Cc1c(/C=C/C(=O)c2ccc(Br)cc2)c2ccccc2n1C. The van der Waals surface area contributed by atoms with Gasteiger partial charge in [0.1, 0.15) is 0 Å². The van der Waals surface area contributed by atoms with Crippen LogP contribution in [0.3, 0.4) is 0 Å². The predicted molar refractivity (Wildman–Crippen MR) is 95.2 cm³/mol. The van der Waals surface area contributed by atoms with Gasteiger partial charge in [0.2, 0.25) is 0 Å². The number of para-hydroxylation sites is 1. The van der Waals surface area contributed by atoms with Gasteiger partial charge in [0.05, 0.1) is 0 Å². The Hall–Kier alpha value is -2.13. The zero-order valence-corrected chi connectivity index (χ0v) is 14.1. The molecule has 0 radical (unpaired) electrons. The first-order valence-corrected chi connectivity index (χ1v) is 7.89. The molecule has 0 unspecified atom stereocenters. The van der Waals surface area contributed by atoms with Crippen molar-refractivity contribution < 1.29 is 4.79 Å². The van der Waals surface area contributed by atoms with Crippen LogP contribution < -0.4 is 0 Å². The standard InChI is InChI=1S/C19H16BrNO/c1-13-16(17-5-3-4-6-18(17)21(13)2)11-12-19(22)14-7-9-15(20)10-8-14/h3-12H,1-2H3/b12-11+. The predicted octanol–water partition coefficient (Wildman–Crippen LogP) is 5.15. The third kappa shape index (κ3) is 2.64. The lowest BCUT2D eigenvalue weighted by atomic mass is 10.1. The number of hydrogen-bond donors (Lipinski definition) is 0. The van der Waals surface area contributed by atoms with Gasteiger partial charge in [0.25, 0.3) is 0 Å². The van der Waals surface area contributed by atoms with Gasteiger partial charge < -0.3 is 4.57 Å². The molecule has 0 saturated carbocycles. The number of nitrogens with zero attached hydrogens (tertiary/aromatic N) is 1. The van der Waals surface area contributed by atoms with E-state index in [4.69, 9.17) is 0 Å². The molecule has 3 rings (SSSR count). The average molecular weight is 354 g/mol. The van der Waals surface area contributed by atoms with Gasteiger partial charge >= 0.3 is 0 Å². The molecule has 3 aromatic rings. The minimum Gasteiger partial charge on any atom is -0.347 e. The largest absolute Gasteiger partial charge is 0.347 e. The van der Waals surface area contributed by atoms with Gasteiger partial charge in [0, 0.05) is 39.2 Å². The van der Waals surface area contributed by atoms with Crippen molar-refractivity contribution in [3.8, 4) is 0 Å². The lowest BCUT2D eigenvalue weighted by Crippen LogP contribution is -1.94. The minimum absolute atomic E-state index is 0.0137. The highest BCUT2D eigenvalue weighted by molar-refractivity contribution is 9.10. The van der Waals surface area contributed by atoms with Crippen LogP contribution in [-0.4, -0.2) is 10.4 Å². The summed E-state index contributed by atoms with van der Waals surface area (Å²) in [5.41, 5.74) is 4.12. The summed E-state index contributed by atoms with van der Waals surface area (Å²) in [6, 6.07) is 15.6. The number of carbonyl (C=O) groups is 1. The van der Waals surface area contributed by atoms with E-state index in [0.29, 0.717) is 5.56 Å². The maximum Gasteiger partial charge on any atom is 0.185 e. The van der Waals surface area contributed by atoms with Gasteiger partial charge in [-0.2, -0.15) is 0 Å². The zero-order chi connectivity index (χ0) is 15.7. The van der Waals surface area contributed by atoms with Crippen molar-refractivity contribution in [2.24, 2.45) is 7.05 Å². The van der Waals surface area contributed by atoms with Crippen LogP contribution in [0, 0.1) is 6.92 Å². The molecule has 0 aliphatic carbocycles. The Balaban J connectivity index is 1.97. The molecule has 0 fully saturated rings. The Kier molecular flexibility index (Phi) is 3.99. The van der Waals surface area contributed by atoms with Crippen molar-refractivity contribution in [2.45, 2.75) is 6.92 Å². The van der Waals surface area contributed by atoms with Gasteiger partial charge in [-0.25, -0.2) is 0 Å². The second-order valence-corrected chi connectivity index (χ2v) is 6.20. The summed E-state index contributed by atoms with van der Waals surface area (Å²) in [5, 5.41) is 1.17. The molecule has 0 spiro atoms. The number of allylic oxidation sites excluding steroid dienone is 1. The second-order valence-electron chi connectivity index (χ2n) is 5.28. The fourth-order valence-corrected chi connectivity index (χ4v) is 2.89. The first-order valence-electron chi connectivity index (χ1n) is 7.10. The maximum atomic E-state index is 12.3. The molecule has 0 amide bonds. The fraction of sp³-hybridized carbons (Fsp3) is 0.105. The normalized spacial score (nSPS) is 11.4. The molecular weight excluding hydrogens is 338 g/mol. The fourth-order valence-electron chi connectivity index (χ4n) is 2.63. The maximum absolute atomic E-state index is 12.3. The van der Waals surface area contributed by atoms with E-state index in [2.05, 4.69) is 39.6 Å². The second kappa shape index (κ2) is 5.93. The first-order chi connectivity index (χ1) is 10.6. The van der Waals surface area contributed by atoms with E-state index in [1.54, 1.807) is 6.08 Å². The summed E-state index contributed by atoms with van der Waals surface area (Å²) in [7, 11) is 2.05. The topological polar surface area (TPSA) is 22.0 Å². The van der Waals surface area contributed by atoms with Gasteiger partial charge in [-0.05, 0) is 49.4 Å². The Morgan fingerprint density at radius 2 is 1.77 bits per heavy atom. The van der Waals surface area contributed by atoms with E-state index in [1.165, 1.54) is 10.9 Å². The van der Waals surface area contributed by atoms with Gasteiger partial charge in [-0.1, -0.05) is 34.1 Å². The van der Waals surface area contributed by atoms with E-state index in [1.807, 2.05) is 49.5 Å². The number of hydrogen-bond acceptors (Lipinski definition) is 1. The number of benzene rings is 2. The number of aromatic nitrogens is 1. The van der Waals surface area contributed by atoms with Crippen LogP contribution in [-0.2, 0) is 7.05 Å². The number of rotatable bonds is 3. The van der Waals surface area contributed by atoms with Crippen LogP contribution in [0.5, 0.6) is 0 Å². The molecule has 3 heteroatoms. The summed E-state index contributed by atoms with van der Waals surface area (Å²) in [5.74, 6) is 0.0137. The molecule has 0 bridgehead atoms. The monoisotopic (exact) mass is 353 g/mol. The smallest absolute Gasteiger partial charge is 0.185 e. The first kappa shape index (κ1) is 14.8. The van der Waals surface area contributed by atoms with Crippen LogP contribution in [0.4, 0.5) is 0 Å². The third-order valence-electron chi connectivity index (χ3n) is 3.98.